The van der Waals surface area contributed by atoms with Crippen molar-refractivity contribution < 1.29 is 23.8 Å². The van der Waals surface area contributed by atoms with Gasteiger partial charge in [0, 0.05) is 23.1 Å². The van der Waals surface area contributed by atoms with Crippen LogP contribution in [-0.4, -0.2) is 34.6 Å². The van der Waals surface area contributed by atoms with Crippen LogP contribution in [-0.2, 0) is 16.6 Å². The normalized spacial score (nSPS) is 12.1. The maximum Gasteiger partial charge on any atom is 0.326 e. The Morgan fingerprint density at radius 3 is 2.09 bits per heavy atom. The van der Waals surface area contributed by atoms with Gasteiger partial charge in [-0.05, 0) is 71.5 Å². The molecule has 0 bridgehead atoms. The van der Waals surface area contributed by atoms with Gasteiger partial charge in [0.2, 0.25) is 5.89 Å². The predicted octanol–water partition coefficient (Wildman–Crippen LogP) is 8.86. The van der Waals surface area contributed by atoms with Crippen molar-refractivity contribution in [1.82, 2.24) is 10.3 Å². The number of nitrogens with zero attached hydrogens (tertiary/aromatic N) is 1. The van der Waals surface area contributed by atoms with Gasteiger partial charge >= 0.3 is 5.97 Å². The van der Waals surface area contributed by atoms with Crippen LogP contribution in [0.3, 0.4) is 0 Å². The minimum Gasteiger partial charge on any atom is -0.494 e. The third-order valence-electron chi connectivity index (χ3n) is 7.93. The van der Waals surface area contributed by atoms with Gasteiger partial charge in [-0.3, -0.25) is 4.79 Å². The van der Waals surface area contributed by atoms with Crippen molar-refractivity contribution >= 4 is 11.9 Å². The Hall–Kier alpha value is -4.39. The molecule has 1 amide bonds. The first-order chi connectivity index (χ1) is 21.6. The van der Waals surface area contributed by atoms with E-state index in [0.29, 0.717) is 11.5 Å². The quantitative estimate of drug-likeness (QED) is 0.123. The summed E-state index contributed by atoms with van der Waals surface area (Å²) in [5.74, 6) is -0.194. The van der Waals surface area contributed by atoms with E-state index in [2.05, 4.69) is 38.0 Å². The number of nitrogens with one attached hydrogen (secondary N) is 1. The molecule has 0 aliphatic heterocycles. The lowest BCUT2D eigenvalue weighted by Gasteiger charge is -2.19. The zero-order valence-electron chi connectivity index (χ0n) is 27.0. The molecule has 0 aliphatic carbocycles. The predicted molar refractivity (Wildman–Crippen MR) is 179 cm³/mol. The molecule has 45 heavy (non-hydrogen) atoms. The van der Waals surface area contributed by atoms with Crippen LogP contribution < -0.4 is 10.1 Å². The van der Waals surface area contributed by atoms with Crippen LogP contribution >= 0.6 is 0 Å². The molecule has 0 saturated heterocycles. The van der Waals surface area contributed by atoms with E-state index in [4.69, 9.17) is 9.15 Å². The molecule has 7 heteroatoms. The number of hydrogen-bond acceptors (Lipinski definition) is 5. The number of carboxylic acid groups (broad SMARTS) is 1. The molecule has 0 spiro atoms. The van der Waals surface area contributed by atoms with Crippen molar-refractivity contribution in [3.8, 4) is 28.5 Å². The molecule has 0 unspecified atom stereocenters. The summed E-state index contributed by atoms with van der Waals surface area (Å²) in [5.41, 5.74) is 4.68. The number of ether oxygens (including phenoxy) is 1. The Bertz CT molecular complexity index is 1500. The maximum absolute atomic E-state index is 12.8. The summed E-state index contributed by atoms with van der Waals surface area (Å²) in [6.45, 7) is 9.26. The van der Waals surface area contributed by atoms with Crippen molar-refractivity contribution in [2.45, 2.75) is 90.5 Å². The van der Waals surface area contributed by atoms with E-state index in [1.54, 1.807) is 18.4 Å². The molecule has 1 atom stereocenters. The van der Waals surface area contributed by atoms with Crippen molar-refractivity contribution in [1.29, 1.82) is 0 Å². The molecule has 4 aromatic rings. The van der Waals surface area contributed by atoms with E-state index in [-0.39, 0.29) is 11.8 Å². The van der Waals surface area contributed by atoms with E-state index >= 15 is 0 Å². The van der Waals surface area contributed by atoms with Crippen molar-refractivity contribution in [3.05, 3.63) is 95.7 Å². The van der Waals surface area contributed by atoms with Crippen LogP contribution in [0.1, 0.15) is 94.1 Å². The Kier molecular flexibility index (Phi) is 12.0. The minimum atomic E-state index is -1.09. The Morgan fingerprint density at radius 2 is 1.47 bits per heavy atom. The zero-order chi connectivity index (χ0) is 32.2. The number of hydrogen-bond donors (Lipinski definition) is 2. The molecule has 0 fully saturated rings. The number of aromatic nitrogens is 1. The highest BCUT2D eigenvalue weighted by atomic mass is 16.5. The van der Waals surface area contributed by atoms with Gasteiger partial charge < -0.3 is 19.6 Å². The molecular formula is C38H46N2O5. The number of amides is 1. The smallest absolute Gasteiger partial charge is 0.326 e. The molecular weight excluding hydrogens is 564 g/mol. The van der Waals surface area contributed by atoms with Crippen LogP contribution in [0.2, 0.25) is 0 Å². The SMILES string of the molecule is CCCCCCCCCOc1ccc(-c2coc(-c3ccc(C[C@H](NC(=O)c4ccc(C(C)(C)C)cc4)C(=O)O)cc3)n2)cc1. The van der Waals surface area contributed by atoms with Gasteiger partial charge in [0.1, 0.15) is 23.7 Å². The number of rotatable bonds is 16. The third kappa shape index (κ3) is 10.1. The fraction of sp³-hybridized carbons (Fsp3) is 0.395. The lowest BCUT2D eigenvalue weighted by atomic mass is 9.86. The number of aliphatic carboxylic acids is 1. The molecule has 238 valence electrons. The molecule has 4 rings (SSSR count). The number of carbonyl (C=O) groups is 2. The van der Waals surface area contributed by atoms with E-state index in [1.165, 1.54) is 38.5 Å². The topological polar surface area (TPSA) is 102 Å². The number of unbranched alkanes of at least 4 members (excludes halogenated alkanes) is 6. The first kappa shape index (κ1) is 33.5. The first-order valence-electron chi connectivity index (χ1n) is 16.1. The monoisotopic (exact) mass is 610 g/mol. The summed E-state index contributed by atoms with van der Waals surface area (Å²) in [5, 5.41) is 12.4. The van der Waals surface area contributed by atoms with Gasteiger partial charge in [0.25, 0.3) is 5.91 Å². The average molecular weight is 611 g/mol. The zero-order valence-corrected chi connectivity index (χ0v) is 27.0. The summed E-state index contributed by atoms with van der Waals surface area (Å²) >= 11 is 0. The third-order valence-corrected chi connectivity index (χ3v) is 7.93. The van der Waals surface area contributed by atoms with Crippen molar-refractivity contribution in [3.63, 3.8) is 0 Å². The molecule has 7 nitrogen and oxygen atoms in total. The second-order valence-corrected chi connectivity index (χ2v) is 12.6. The molecule has 1 aromatic heterocycles. The van der Waals surface area contributed by atoms with Crippen LogP contribution in [0.5, 0.6) is 5.75 Å². The van der Waals surface area contributed by atoms with E-state index in [9.17, 15) is 14.7 Å². The summed E-state index contributed by atoms with van der Waals surface area (Å²) in [6, 6.07) is 21.4. The maximum atomic E-state index is 12.8. The highest BCUT2D eigenvalue weighted by molar-refractivity contribution is 5.96. The molecule has 0 aliphatic rings. The van der Waals surface area contributed by atoms with Gasteiger partial charge in [0.05, 0.1) is 6.61 Å². The van der Waals surface area contributed by atoms with Crippen LogP contribution in [0, 0.1) is 0 Å². The van der Waals surface area contributed by atoms with E-state index in [0.717, 1.165) is 46.7 Å². The van der Waals surface area contributed by atoms with Crippen LogP contribution in [0.15, 0.2) is 83.5 Å². The summed E-state index contributed by atoms with van der Waals surface area (Å²) in [7, 11) is 0. The molecule has 0 radical (unpaired) electrons. The fourth-order valence-electron chi connectivity index (χ4n) is 5.09. The molecule has 3 aromatic carbocycles. The standard InChI is InChI=1S/C38H46N2O5/c1-5-6-7-8-9-10-11-24-44-32-22-18-28(19-23-32)34-26-45-36(40-34)30-14-12-27(13-15-30)25-33(37(42)43)39-35(41)29-16-20-31(21-17-29)38(2,3)4/h12-23,26,33H,5-11,24-25H2,1-4H3,(H,39,41)(H,42,43)/t33-/m0/s1. The summed E-state index contributed by atoms with van der Waals surface area (Å²) < 4.78 is 11.7. The second-order valence-electron chi connectivity index (χ2n) is 12.6. The van der Waals surface area contributed by atoms with Crippen LogP contribution in [0.25, 0.3) is 22.7 Å². The lowest BCUT2D eigenvalue weighted by molar-refractivity contribution is -0.139. The fourth-order valence-corrected chi connectivity index (χ4v) is 5.09. The highest BCUT2D eigenvalue weighted by Crippen LogP contribution is 2.27. The van der Waals surface area contributed by atoms with Crippen LogP contribution in [0.4, 0.5) is 0 Å². The van der Waals surface area contributed by atoms with Gasteiger partial charge in [-0.1, -0.05) is 90.5 Å². The van der Waals surface area contributed by atoms with E-state index in [1.807, 2.05) is 60.7 Å². The number of benzene rings is 3. The second kappa shape index (κ2) is 16.1. The number of oxazole rings is 1. The number of carboxylic acids is 1. The summed E-state index contributed by atoms with van der Waals surface area (Å²) in [4.78, 5) is 29.4. The minimum absolute atomic E-state index is 0.0370. The highest BCUT2D eigenvalue weighted by Gasteiger charge is 2.22. The Balaban J connectivity index is 1.29. The Labute approximate surface area is 267 Å². The average Bonchev–Trinajstić information content (AvgIpc) is 3.53. The van der Waals surface area contributed by atoms with Gasteiger partial charge in [-0.25, -0.2) is 9.78 Å². The van der Waals surface area contributed by atoms with Gasteiger partial charge in [-0.2, -0.15) is 0 Å². The van der Waals surface area contributed by atoms with Crippen molar-refractivity contribution in [2.24, 2.45) is 0 Å². The van der Waals surface area contributed by atoms with Crippen molar-refractivity contribution in [2.75, 3.05) is 6.61 Å². The van der Waals surface area contributed by atoms with E-state index < -0.39 is 17.9 Å². The Morgan fingerprint density at radius 1 is 0.844 bits per heavy atom. The molecule has 2 N–H and O–H groups in total. The lowest BCUT2D eigenvalue weighted by Crippen LogP contribution is -2.42. The van der Waals surface area contributed by atoms with Gasteiger partial charge in [-0.15, -0.1) is 0 Å². The molecule has 1 heterocycles. The number of carbonyl (C=O) groups excluding carboxylic acids is 1. The summed E-state index contributed by atoms with van der Waals surface area (Å²) in [6.07, 6.45) is 10.6. The molecule has 0 saturated carbocycles. The first-order valence-corrected chi connectivity index (χ1v) is 16.1. The van der Waals surface area contributed by atoms with Gasteiger partial charge in [0.15, 0.2) is 0 Å². The largest absolute Gasteiger partial charge is 0.494 e.